The van der Waals surface area contributed by atoms with Gasteiger partial charge in [0.25, 0.3) is 5.91 Å². The molecule has 2 atom stereocenters. The van der Waals surface area contributed by atoms with Crippen molar-refractivity contribution in [2.45, 2.75) is 45.8 Å². The fraction of sp³-hybridized carbons (Fsp3) is 0.529. The molecule has 1 saturated carbocycles. The first-order chi connectivity index (χ1) is 10.7. The molecule has 0 heterocycles. The molecule has 6 heteroatoms. The molecule has 1 aliphatic rings. The first-order valence-corrected chi connectivity index (χ1v) is 7.59. The predicted molar refractivity (Wildman–Crippen MR) is 82.8 cm³/mol. The Morgan fingerprint density at radius 2 is 2.09 bits per heavy atom. The zero-order valence-corrected chi connectivity index (χ0v) is 13.8. The SMILES string of the molecule is CCO[C@H]1C[C@](NC(=O)c2cc(C)ccc2F)(C(=O)O)C1(C)C. The van der Waals surface area contributed by atoms with Crippen LogP contribution in [-0.2, 0) is 9.53 Å². The zero-order valence-electron chi connectivity index (χ0n) is 13.8. The van der Waals surface area contributed by atoms with Crippen LogP contribution in [0.5, 0.6) is 0 Å². The number of carboxylic acids is 1. The highest BCUT2D eigenvalue weighted by atomic mass is 19.1. The number of carbonyl (C=O) groups is 2. The van der Waals surface area contributed by atoms with Gasteiger partial charge in [0, 0.05) is 18.4 Å². The topological polar surface area (TPSA) is 75.6 Å². The molecule has 2 rings (SSSR count). The maximum atomic E-state index is 13.9. The Morgan fingerprint density at radius 3 is 2.61 bits per heavy atom. The predicted octanol–water partition coefficient (Wildman–Crippen LogP) is 2.52. The van der Waals surface area contributed by atoms with Crippen LogP contribution in [0.15, 0.2) is 18.2 Å². The third-order valence-electron chi connectivity index (χ3n) is 4.82. The first-order valence-electron chi connectivity index (χ1n) is 7.59. The summed E-state index contributed by atoms with van der Waals surface area (Å²) in [4.78, 5) is 24.3. The molecule has 0 saturated heterocycles. The first kappa shape index (κ1) is 17.4. The number of hydrogen-bond acceptors (Lipinski definition) is 3. The molecule has 0 aliphatic heterocycles. The van der Waals surface area contributed by atoms with E-state index in [-0.39, 0.29) is 18.1 Å². The Hall–Kier alpha value is -1.95. The van der Waals surface area contributed by atoms with Crippen molar-refractivity contribution in [1.29, 1.82) is 0 Å². The summed E-state index contributed by atoms with van der Waals surface area (Å²) in [7, 11) is 0. The zero-order chi connectivity index (χ0) is 17.4. The Balaban J connectivity index is 2.30. The Kier molecular flexibility index (Phi) is 4.48. The lowest BCUT2D eigenvalue weighted by molar-refractivity contribution is -0.190. The van der Waals surface area contributed by atoms with Crippen molar-refractivity contribution in [2.24, 2.45) is 5.41 Å². The Morgan fingerprint density at radius 1 is 1.43 bits per heavy atom. The van der Waals surface area contributed by atoms with E-state index in [9.17, 15) is 19.1 Å². The van der Waals surface area contributed by atoms with Crippen molar-refractivity contribution in [2.75, 3.05) is 6.61 Å². The molecule has 2 N–H and O–H groups in total. The number of amides is 1. The van der Waals surface area contributed by atoms with Crippen LogP contribution in [0, 0.1) is 18.2 Å². The van der Waals surface area contributed by atoms with Crippen LogP contribution in [-0.4, -0.2) is 35.2 Å². The molecule has 1 aromatic carbocycles. The van der Waals surface area contributed by atoms with Gasteiger partial charge in [-0.1, -0.05) is 25.5 Å². The lowest BCUT2D eigenvalue weighted by Gasteiger charge is -2.58. The average molecular weight is 323 g/mol. The maximum Gasteiger partial charge on any atom is 0.330 e. The van der Waals surface area contributed by atoms with Gasteiger partial charge in [-0.3, -0.25) is 4.79 Å². The molecule has 1 aromatic rings. The molecule has 1 aliphatic carbocycles. The minimum absolute atomic E-state index is 0.152. The number of nitrogens with one attached hydrogen (secondary N) is 1. The summed E-state index contributed by atoms with van der Waals surface area (Å²) in [5, 5.41) is 12.2. The second-order valence-corrected chi connectivity index (χ2v) is 6.52. The summed E-state index contributed by atoms with van der Waals surface area (Å²) in [5.41, 5.74) is -1.70. The van der Waals surface area contributed by atoms with Crippen LogP contribution in [0.2, 0.25) is 0 Å². The molecule has 126 valence electrons. The summed E-state index contributed by atoms with van der Waals surface area (Å²) >= 11 is 0. The Bertz CT molecular complexity index is 643. The van der Waals surface area contributed by atoms with Crippen molar-refractivity contribution >= 4 is 11.9 Å². The highest BCUT2D eigenvalue weighted by Crippen LogP contribution is 2.51. The van der Waals surface area contributed by atoms with Crippen molar-refractivity contribution in [3.05, 3.63) is 35.1 Å². The van der Waals surface area contributed by atoms with Crippen LogP contribution in [0.3, 0.4) is 0 Å². The van der Waals surface area contributed by atoms with Gasteiger partial charge in [-0.2, -0.15) is 0 Å². The lowest BCUT2D eigenvalue weighted by Crippen LogP contribution is -2.76. The van der Waals surface area contributed by atoms with E-state index in [1.165, 1.54) is 12.1 Å². The number of rotatable bonds is 5. The van der Waals surface area contributed by atoms with Gasteiger partial charge in [-0.15, -0.1) is 0 Å². The van der Waals surface area contributed by atoms with E-state index < -0.39 is 28.6 Å². The number of benzene rings is 1. The van der Waals surface area contributed by atoms with Crippen LogP contribution < -0.4 is 5.32 Å². The fourth-order valence-electron chi connectivity index (χ4n) is 3.11. The minimum Gasteiger partial charge on any atom is -0.479 e. The maximum absolute atomic E-state index is 13.9. The highest BCUT2D eigenvalue weighted by molar-refractivity contribution is 5.99. The summed E-state index contributed by atoms with van der Waals surface area (Å²) in [5.74, 6) is -2.54. The summed E-state index contributed by atoms with van der Waals surface area (Å²) < 4.78 is 19.4. The number of aliphatic carboxylic acids is 1. The quantitative estimate of drug-likeness (QED) is 0.873. The van der Waals surface area contributed by atoms with Crippen molar-refractivity contribution in [1.82, 2.24) is 5.32 Å². The molecule has 0 radical (unpaired) electrons. The van der Waals surface area contributed by atoms with E-state index in [2.05, 4.69) is 5.32 Å². The Labute approximate surface area is 134 Å². The van der Waals surface area contributed by atoms with Gasteiger partial charge in [0.2, 0.25) is 0 Å². The van der Waals surface area contributed by atoms with E-state index in [0.717, 1.165) is 5.56 Å². The van der Waals surface area contributed by atoms with Gasteiger partial charge < -0.3 is 15.2 Å². The van der Waals surface area contributed by atoms with Crippen LogP contribution in [0.4, 0.5) is 4.39 Å². The third-order valence-corrected chi connectivity index (χ3v) is 4.82. The van der Waals surface area contributed by atoms with E-state index in [1.807, 2.05) is 6.92 Å². The summed E-state index contributed by atoms with van der Waals surface area (Å²) in [6.45, 7) is 7.50. The monoisotopic (exact) mass is 323 g/mol. The van der Waals surface area contributed by atoms with Crippen LogP contribution in [0.1, 0.15) is 43.1 Å². The summed E-state index contributed by atoms with van der Waals surface area (Å²) in [6, 6.07) is 4.16. The number of aryl methyl sites for hydroxylation is 1. The van der Waals surface area contributed by atoms with Gasteiger partial charge in [0.1, 0.15) is 11.4 Å². The van der Waals surface area contributed by atoms with Gasteiger partial charge in [0.15, 0.2) is 0 Å². The van der Waals surface area contributed by atoms with E-state index >= 15 is 0 Å². The smallest absolute Gasteiger partial charge is 0.330 e. The summed E-state index contributed by atoms with van der Waals surface area (Å²) in [6.07, 6.45) is -0.117. The molecule has 23 heavy (non-hydrogen) atoms. The minimum atomic E-state index is -1.47. The molecule has 5 nitrogen and oxygen atoms in total. The third kappa shape index (κ3) is 2.72. The molecule has 1 amide bonds. The van der Waals surface area contributed by atoms with E-state index in [0.29, 0.717) is 6.61 Å². The van der Waals surface area contributed by atoms with Crippen LogP contribution >= 0.6 is 0 Å². The van der Waals surface area contributed by atoms with Crippen molar-refractivity contribution < 1.29 is 23.8 Å². The highest BCUT2D eigenvalue weighted by Gasteiger charge is 2.66. The number of hydrogen-bond donors (Lipinski definition) is 2. The second-order valence-electron chi connectivity index (χ2n) is 6.52. The molecule has 0 aromatic heterocycles. The fourth-order valence-corrected chi connectivity index (χ4v) is 3.11. The number of carbonyl (C=O) groups excluding carboxylic acids is 1. The number of halogens is 1. The van der Waals surface area contributed by atoms with Crippen molar-refractivity contribution in [3.8, 4) is 0 Å². The van der Waals surface area contributed by atoms with Gasteiger partial charge in [-0.25, -0.2) is 9.18 Å². The normalized spacial score (nSPS) is 25.5. The number of ether oxygens (including phenoxy) is 1. The van der Waals surface area contributed by atoms with Gasteiger partial charge in [0.05, 0.1) is 11.7 Å². The van der Waals surface area contributed by atoms with E-state index in [4.69, 9.17) is 4.74 Å². The molecule has 0 bridgehead atoms. The van der Waals surface area contributed by atoms with Gasteiger partial charge >= 0.3 is 5.97 Å². The standard InChI is InChI=1S/C17H22FNO4/c1-5-23-13-9-17(15(21)22,16(13,3)4)19-14(20)11-8-10(2)6-7-12(11)18/h6-8,13H,5,9H2,1-4H3,(H,19,20)(H,21,22)/t13-,17-/m0/s1. The molecular formula is C17H22FNO4. The molecule has 0 unspecified atom stereocenters. The van der Waals surface area contributed by atoms with Crippen LogP contribution in [0.25, 0.3) is 0 Å². The van der Waals surface area contributed by atoms with E-state index in [1.54, 1.807) is 26.8 Å². The molecule has 0 spiro atoms. The molecular weight excluding hydrogens is 301 g/mol. The lowest BCUT2D eigenvalue weighted by atomic mass is 9.54. The van der Waals surface area contributed by atoms with Gasteiger partial charge in [-0.05, 0) is 26.0 Å². The second kappa shape index (κ2) is 5.92. The number of carboxylic acid groups (broad SMARTS) is 1. The van der Waals surface area contributed by atoms with Crippen molar-refractivity contribution in [3.63, 3.8) is 0 Å². The largest absolute Gasteiger partial charge is 0.479 e. The average Bonchev–Trinajstić information content (AvgIpc) is 2.47. The molecule has 1 fully saturated rings.